The number of ether oxygens (including phenoxy) is 1. The molecule has 162 valence electrons. The molecule has 0 unspecified atom stereocenters. The highest BCUT2D eigenvalue weighted by Crippen LogP contribution is 2.26. The molecule has 6 heteroatoms. The van der Waals surface area contributed by atoms with Crippen LogP contribution in [0, 0.1) is 13.8 Å². The maximum absolute atomic E-state index is 12.8. The first-order valence-corrected chi connectivity index (χ1v) is 10.6. The lowest BCUT2D eigenvalue weighted by Gasteiger charge is -2.18. The van der Waals surface area contributed by atoms with Gasteiger partial charge in [0.2, 0.25) is 5.91 Å². The predicted octanol–water partition coefficient (Wildman–Crippen LogP) is 4.43. The van der Waals surface area contributed by atoms with E-state index in [0.717, 1.165) is 28.2 Å². The minimum atomic E-state index is -0.295. The average Bonchev–Trinajstić information content (AvgIpc) is 3.10. The molecule has 0 bridgehead atoms. The Morgan fingerprint density at radius 3 is 2.52 bits per heavy atom. The van der Waals surface area contributed by atoms with Gasteiger partial charge in [0.15, 0.2) is 0 Å². The van der Waals surface area contributed by atoms with Gasteiger partial charge in [0.1, 0.15) is 5.65 Å². The highest BCUT2D eigenvalue weighted by molar-refractivity contribution is 5.93. The number of benzene rings is 1. The topological polar surface area (TPSA) is 63.9 Å². The number of fused-ring (bicyclic) bond motifs is 1. The first-order valence-electron chi connectivity index (χ1n) is 10.6. The molecule has 0 atom stereocenters. The van der Waals surface area contributed by atoms with Crippen LogP contribution in [0.15, 0.2) is 48.7 Å². The smallest absolute Gasteiger partial charge is 0.307 e. The van der Waals surface area contributed by atoms with Gasteiger partial charge in [-0.05, 0) is 51.5 Å². The van der Waals surface area contributed by atoms with Gasteiger partial charge in [-0.1, -0.05) is 29.8 Å². The van der Waals surface area contributed by atoms with E-state index in [4.69, 9.17) is 9.72 Å². The normalized spacial score (nSPS) is 11.2. The molecule has 0 aliphatic carbocycles. The number of esters is 1. The molecule has 0 fully saturated rings. The summed E-state index contributed by atoms with van der Waals surface area (Å²) < 4.78 is 6.95. The number of amides is 1. The van der Waals surface area contributed by atoms with Crippen LogP contribution < -0.4 is 0 Å². The number of aromatic nitrogens is 2. The molecule has 0 saturated carbocycles. The largest absolute Gasteiger partial charge is 0.466 e. The first kappa shape index (κ1) is 22.3. The standard InChI is InChI=1S/C25H29N3O3/c1-5-27(15-14-24(30)31-6-2)23(29)12-11-21-25(20-9-7-18(3)8-10-20)26-22-17-19(4)13-16-28(21)22/h7-13,16-17H,5-6,14-15H2,1-4H3/b12-11+. The van der Waals surface area contributed by atoms with E-state index in [-0.39, 0.29) is 18.3 Å². The van der Waals surface area contributed by atoms with Crippen LogP contribution in [0.5, 0.6) is 0 Å². The third-order valence-corrected chi connectivity index (χ3v) is 5.11. The Labute approximate surface area is 183 Å². The summed E-state index contributed by atoms with van der Waals surface area (Å²) in [6.07, 6.45) is 5.51. The molecule has 3 rings (SSSR count). The molecular formula is C25H29N3O3. The van der Waals surface area contributed by atoms with Crippen LogP contribution in [0.4, 0.5) is 0 Å². The van der Waals surface area contributed by atoms with Crippen molar-refractivity contribution in [3.8, 4) is 11.3 Å². The Kier molecular flexibility index (Phi) is 7.23. The molecule has 3 aromatic rings. The van der Waals surface area contributed by atoms with Crippen molar-refractivity contribution in [1.82, 2.24) is 14.3 Å². The zero-order valence-electron chi connectivity index (χ0n) is 18.6. The predicted molar refractivity (Wildman–Crippen MR) is 123 cm³/mol. The second-order valence-electron chi connectivity index (χ2n) is 7.45. The second-order valence-corrected chi connectivity index (χ2v) is 7.45. The summed E-state index contributed by atoms with van der Waals surface area (Å²) >= 11 is 0. The fraction of sp³-hybridized carbons (Fsp3) is 0.320. The molecule has 6 nitrogen and oxygen atoms in total. The van der Waals surface area contributed by atoms with Crippen LogP contribution in [-0.2, 0) is 14.3 Å². The highest BCUT2D eigenvalue weighted by Gasteiger charge is 2.15. The maximum Gasteiger partial charge on any atom is 0.307 e. The fourth-order valence-corrected chi connectivity index (χ4v) is 3.39. The lowest BCUT2D eigenvalue weighted by molar-refractivity contribution is -0.143. The van der Waals surface area contributed by atoms with Crippen LogP contribution >= 0.6 is 0 Å². The van der Waals surface area contributed by atoms with Crippen LogP contribution in [0.1, 0.15) is 37.1 Å². The van der Waals surface area contributed by atoms with Gasteiger partial charge in [-0.25, -0.2) is 4.98 Å². The lowest BCUT2D eigenvalue weighted by atomic mass is 10.1. The molecule has 0 N–H and O–H groups in total. The molecule has 0 spiro atoms. The van der Waals surface area contributed by atoms with Gasteiger partial charge in [0.05, 0.1) is 24.4 Å². The molecule has 0 radical (unpaired) electrons. The third kappa shape index (κ3) is 5.40. The number of hydrogen-bond donors (Lipinski definition) is 0. The van der Waals surface area contributed by atoms with Crippen LogP contribution in [0.3, 0.4) is 0 Å². The molecule has 2 aromatic heterocycles. The lowest BCUT2D eigenvalue weighted by Crippen LogP contribution is -2.31. The van der Waals surface area contributed by atoms with Gasteiger partial charge in [-0.15, -0.1) is 0 Å². The quantitative estimate of drug-likeness (QED) is 0.400. The number of carbonyl (C=O) groups excluding carboxylic acids is 2. The number of carbonyl (C=O) groups is 2. The van der Waals surface area contributed by atoms with Gasteiger partial charge in [0, 0.05) is 30.9 Å². The Bertz CT molecular complexity index is 1100. The zero-order valence-corrected chi connectivity index (χ0v) is 18.6. The fourth-order valence-electron chi connectivity index (χ4n) is 3.39. The van der Waals surface area contributed by atoms with Gasteiger partial charge >= 0.3 is 5.97 Å². The van der Waals surface area contributed by atoms with Gasteiger partial charge < -0.3 is 9.64 Å². The van der Waals surface area contributed by atoms with Crippen LogP contribution in [0.2, 0.25) is 0 Å². The van der Waals surface area contributed by atoms with Crippen molar-refractivity contribution in [2.24, 2.45) is 0 Å². The number of pyridine rings is 1. The summed E-state index contributed by atoms with van der Waals surface area (Å²) in [4.78, 5) is 30.9. The Morgan fingerprint density at radius 2 is 1.84 bits per heavy atom. The Morgan fingerprint density at radius 1 is 1.10 bits per heavy atom. The molecular weight excluding hydrogens is 390 g/mol. The van der Waals surface area contributed by atoms with E-state index in [2.05, 4.69) is 12.1 Å². The zero-order chi connectivity index (χ0) is 22.4. The maximum atomic E-state index is 12.8. The van der Waals surface area contributed by atoms with Crippen molar-refractivity contribution in [3.05, 3.63) is 65.5 Å². The number of aryl methyl sites for hydroxylation is 2. The van der Waals surface area contributed by atoms with Crippen molar-refractivity contribution < 1.29 is 14.3 Å². The van der Waals surface area contributed by atoms with E-state index in [9.17, 15) is 9.59 Å². The van der Waals surface area contributed by atoms with E-state index in [1.54, 1.807) is 24.0 Å². The summed E-state index contributed by atoms with van der Waals surface area (Å²) in [6, 6.07) is 12.2. The SMILES string of the molecule is CCOC(=O)CCN(CC)C(=O)/C=C/c1c(-c2ccc(C)cc2)nc2cc(C)ccn12. The minimum absolute atomic E-state index is 0.149. The van der Waals surface area contributed by atoms with E-state index < -0.39 is 0 Å². The molecule has 1 amide bonds. The number of hydrogen-bond acceptors (Lipinski definition) is 4. The summed E-state index contributed by atoms with van der Waals surface area (Å²) in [5.74, 6) is -0.444. The molecule has 0 aliphatic rings. The molecule has 1 aromatic carbocycles. The molecule has 0 aliphatic heterocycles. The van der Waals surface area contributed by atoms with Gasteiger partial charge in [-0.2, -0.15) is 0 Å². The van der Waals surface area contributed by atoms with Gasteiger partial charge in [-0.3, -0.25) is 14.0 Å². The van der Waals surface area contributed by atoms with Crippen molar-refractivity contribution in [3.63, 3.8) is 0 Å². The Balaban J connectivity index is 1.91. The summed E-state index contributed by atoms with van der Waals surface area (Å²) in [6.45, 7) is 8.93. The first-order chi connectivity index (χ1) is 14.9. The van der Waals surface area contributed by atoms with Gasteiger partial charge in [0.25, 0.3) is 0 Å². The van der Waals surface area contributed by atoms with Crippen LogP contribution in [0.25, 0.3) is 23.0 Å². The van der Waals surface area contributed by atoms with Crippen LogP contribution in [-0.4, -0.2) is 45.9 Å². The van der Waals surface area contributed by atoms with E-state index >= 15 is 0 Å². The van der Waals surface area contributed by atoms with Crippen molar-refractivity contribution in [1.29, 1.82) is 0 Å². The molecule has 0 saturated heterocycles. The number of nitrogens with zero attached hydrogens (tertiary/aromatic N) is 3. The minimum Gasteiger partial charge on any atom is -0.466 e. The monoisotopic (exact) mass is 419 g/mol. The average molecular weight is 420 g/mol. The summed E-state index contributed by atoms with van der Waals surface area (Å²) in [5, 5.41) is 0. The van der Waals surface area contributed by atoms with E-state index in [0.29, 0.717) is 19.7 Å². The van der Waals surface area contributed by atoms with E-state index in [1.807, 2.05) is 55.6 Å². The number of imidazole rings is 1. The summed E-state index contributed by atoms with van der Waals surface area (Å²) in [5.41, 5.74) is 5.79. The summed E-state index contributed by atoms with van der Waals surface area (Å²) in [7, 11) is 0. The molecule has 31 heavy (non-hydrogen) atoms. The van der Waals surface area contributed by atoms with E-state index in [1.165, 1.54) is 5.56 Å². The van der Waals surface area contributed by atoms with Crippen molar-refractivity contribution in [2.75, 3.05) is 19.7 Å². The third-order valence-electron chi connectivity index (χ3n) is 5.11. The highest BCUT2D eigenvalue weighted by atomic mass is 16.5. The van der Waals surface area contributed by atoms with Crippen molar-refractivity contribution >= 4 is 23.6 Å². The Hall–Kier alpha value is -3.41. The number of rotatable bonds is 8. The van der Waals surface area contributed by atoms with Crippen molar-refractivity contribution in [2.45, 2.75) is 34.1 Å². The number of likely N-dealkylation sites (N-methyl/N-ethyl adjacent to an activating group) is 1. The molecule has 2 heterocycles. The second kappa shape index (κ2) is 10.1.